The Kier molecular flexibility index (Phi) is 4.37. The lowest BCUT2D eigenvalue weighted by Gasteiger charge is -2.15. The average Bonchev–Trinajstić information content (AvgIpc) is 3.56. The number of anilines is 1. The summed E-state index contributed by atoms with van der Waals surface area (Å²) in [7, 11) is 0. The molecular weight excluding hydrogens is 328 g/mol. The number of rotatable bonds is 7. The van der Waals surface area contributed by atoms with Crippen molar-refractivity contribution < 1.29 is 14.3 Å². The van der Waals surface area contributed by atoms with Crippen LogP contribution in [0.15, 0.2) is 54.6 Å². The second kappa shape index (κ2) is 6.83. The molecule has 0 aliphatic heterocycles. The molecule has 2 aliphatic carbocycles. The number of benzene rings is 2. The Morgan fingerprint density at radius 3 is 2.27 bits per heavy atom. The number of ether oxygens (including phenoxy) is 1. The highest BCUT2D eigenvalue weighted by molar-refractivity contribution is 6.13. The van der Waals surface area contributed by atoms with Crippen LogP contribution in [0.3, 0.4) is 0 Å². The first-order valence-electron chi connectivity index (χ1n) is 9.05. The summed E-state index contributed by atoms with van der Waals surface area (Å²) in [6, 6.07) is 17.5. The molecule has 134 valence electrons. The van der Waals surface area contributed by atoms with Gasteiger partial charge in [-0.3, -0.25) is 9.59 Å². The third kappa shape index (κ3) is 3.72. The second-order valence-electron chi connectivity index (χ2n) is 7.08. The highest BCUT2D eigenvalue weighted by atomic mass is 16.5. The summed E-state index contributed by atoms with van der Waals surface area (Å²) >= 11 is 0. The molecule has 5 heteroatoms. The predicted octanol–water partition coefficient (Wildman–Crippen LogP) is 3.26. The maximum absolute atomic E-state index is 12.5. The van der Waals surface area contributed by atoms with Crippen molar-refractivity contribution in [2.75, 3.05) is 5.32 Å². The van der Waals surface area contributed by atoms with Crippen molar-refractivity contribution in [1.29, 1.82) is 0 Å². The minimum absolute atomic E-state index is 0.125. The SMILES string of the molecule is O=C(Nc1ccc(OCc2ccccc2)cc1)C1(C(=O)NC2CC2)CC1. The van der Waals surface area contributed by atoms with Crippen molar-refractivity contribution in [2.24, 2.45) is 5.41 Å². The standard InChI is InChI=1S/C21H22N2O3/c24-19(22-16-6-7-16)21(12-13-21)20(25)23-17-8-10-18(11-9-17)26-14-15-4-2-1-3-5-15/h1-5,8-11,16H,6-7,12-14H2,(H,22,24)(H,23,25). The Bertz CT molecular complexity index is 794. The smallest absolute Gasteiger partial charge is 0.240 e. The summed E-state index contributed by atoms with van der Waals surface area (Å²) in [5.74, 6) is 0.397. The van der Waals surface area contributed by atoms with Crippen molar-refractivity contribution in [3.05, 3.63) is 60.2 Å². The third-order valence-corrected chi connectivity index (χ3v) is 4.89. The van der Waals surface area contributed by atoms with Gasteiger partial charge in [-0.25, -0.2) is 0 Å². The Hall–Kier alpha value is -2.82. The van der Waals surface area contributed by atoms with E-state index in [1.165, 1.54) is 0 Å². The molecule has 4 rings (SSSR count). The zero-order valence-corrected chi connectivity index (χ0v) is 14.5. The van der Waals surface area contributed by atoms with E-state index >= 15 is 0 Å². The van der Waals surface area contributed by atoms with Gasteiger partial charge in [0.2, 0.25) is 11.8 Å². The molecule has 0 radical (unpaired) electrons. The van der Waals surface area contributed by atoms with Gasteiger partial charge >= 0.3 is 0 Å². The van der Waals surface area contributed by atoms with Gasteiger partial charge in [-0.05, 0) is 55.5 Å². The largest absolute Gasteiger partial charge is 0.489 e. The number of hydrogen-bond acceptors (Lipinski definition) is 3. The number of carbonyl (C=O) groups excluding carboxylic acids is 2. The van der Waals surface area contributed by atoms with E-state index in [-0.39, 0.29) is 17.9 Å². The molecule has 2 aromatic carbocycles. The van der Waals surface area contributed by atoms with Gasteiger partial charge in [0.1, 0.15) is 17.8 Å². The molecule has 26 heavy (non-hydrogen) atoms. The minimum atomic E-state index is -0.870. The van der Waals surface area contributed by atoms with Crippen molar-refractivity contribution in [2.45, 2.75) is 38.3 Å². The van der Waals surface area contributed by atoms with Crippen LogP contribution >= 0.6 is 0 Å². The van der Waals surface area contributed by atoms with Gasteiger partial charge < -0.3 is 15.4 Å². The van der Waals surface area contributed by atoms with E-state index in [0.717, 1.165) is 24.2 Å². The molecule has 0 aromatic heterocycles. The molecule has 0 spiro atoms. The van der Waals surface area contributed by atoms with E-state index in [2.05, 4.69) is 10.6 Å². The maximum atomic E-state index is 12.5. The summed E-state index contributed by atoms with van der Waals surface area (Å²) in [5.41, 5.74) is 0.903. The van der Waals surface area contributed by atoms with E-state index in [9.17, 15) is 9.59 Å². The summed E-state index contributed by atoms with van der Waals surface area (Å²) < 4.78 is 5.74. The van der Waals surface area contributed by atoms with Gasteiger partial charge in [-0.15, -0.1) is 0 Å². The second-order valence-corrected chi connectivity index (χ2v) is 7.08. The van der Waals surface area contributed by atoms with E-state index in [4.69, 9.17) is 4.74 Å². The van der Waals surface area contributed by atoms with E-state index in [0.29, 0.717) is 25.1 Å². The van der Waals surface area contributed by atoms with Crippen LogP contribution in [-0.2, 0) is 16.2 Å². The van der Waals surface area contributed by atoms with Crippen LogP contribution in [0.5, 0.6) is 5.75 Å². The molecule has 2 N–H and O–H groups in total. The van der Waals surface area contributed by atoms with Crippen LogP contribution in [-0.4, -0.2) is 17.9 Å². The molecule has 0 saturated heterocycles. The zero-order chi connectivity index (χ0) is 18.0. The van der Waals surface area contributed by atoms with Crippen molar-refractivity contribution >= 4 is 17.5 Å². The monoisotopic (exact) mass is 350 g/mol. The number of hydrogen-bond donors (Lipinski definition) is 2. The van der Waals surface area contributed by atoms with Gasteiger partial charge in [0.05, 0.1) is 0 Å². The lowest BCUT2D eigenvalue weighted by Crippen LogP contribution is -2.40. The minimum Gasteiger partial charge on any atom is -0.489 e. The van der Waals surface area contributed by atoms with Crippen molar-refractivity contribution in [1.82, 2.24) is 5.32 Å². The first kappa shape index (κ1) is 16.6. The Morgan fingerprint density at radius 2 is 1.65 bits per heavy atom. The quantitative estimate of drug-likeness (QED) is 0.753. The normalized spacial score (nSPS) is 17.2. The third-order valence-electron chi connectivity index (χ3n) is 4.89. The summed E-state index contributed by atoms with van der Waals surface area (Å²) in [6.45, 7) is 0.497. The molecule has 0 heterocycles. The topological polar surface area (TPSA) is 67.4 Å². The predicted molar refractivity (Wildman–Crippen MR) is 98.7 cm³/mol. The average molecular weight is 350 g/mol. The zero-order valence-electron chi connectivity index (χ0n) is 14.5. The molecule has 5 nitrogen and oxygen atoms in total. The van der Waals surface area contributed by atoms with Crippen LogP contribution in [0, 0.1) is 5.41 Å². The van der Waals surface area contributed by atoms with Crippen LogP contribution < -0.4 is 15.4 Å². The van der Waals surface area contributed by atoms with Gasteiger partial charge in [0, 0.05) is 11.7 Å². The summed E-state index contributed by atoms with van der Waals surface area (Å²) in [5, 5.41) is 5.81. The first-order chi connectivity index (χ1) is 12.7. The molecule has 0 unspecified atom stereocenters. The summed E-state index contributed by atoms with van der Waals surface area (Å²) in [6.07, 6.45) is 3.28. The van der Waals surface area contributed by atoms with Gasteiger partial charge in [0.15, 0.2) is 0 Å². The highest BCUT2D eigenvalue weighted by Crippen LogP contribution is 2.47. The fourth-order valence-corrected chi connectivity index (χ4v) is 2.86. The van der Waals surface area contributed by atoms with Gasteiger partial charge in [0.25, 0.3) is 0 Å². The Morgan fingerprint density at radius 1 is 0.962 bits per heavy atom. The molecule has 2 aliphatic rings. The van der Waals surface area contributed by atoms with E-state index in [1.54, 1.807) is 12.1 Å². The molecule has 2 fully saturated rings. The highest BCUT2D eigenvalue weighted by Gasteiger charge is 2.57. The molecule has 0 atom stereocenters. The maximum Gasteiger partial charge on any atom is 0.240 e. The molecule has 2 aromatic rings. The van der Waals surface area contributed by atoms with Crippen LogP contribution in [0.25, 0.3) is 0 Å². The lowest BCUT2D eigenvalue weighted by molar-refractivity contribution is -0.134. The number of amides is 2. The number of carbonyl (C=O) groups is 2. The molecule has 2 saturated carbocycles. The lowest BCUT2D eigenvalue weighted by atomic mass is 10.0. The Labute approximate surface area is 152 Å². The van der Waals surface area contributed by atoms with Crippen molar-refractivity contribution in [3.63, 3.8) is 0 Å². The van der Waals surface area contributed by atoms with Crippen molar-refractivity contribution in [3.8, 4) is 5.75 Å². The van der Waals surface area contributed by atoms with Crippen LogP contribution in [0.2, 0.25) is 0 Å². The molecule has 0 bridgehead atoms. The van der Waals surface area contributed by atoms with Gasteiger partial charge in [-0.2, -0.15) is 0 Å². The van der Waals surface area contributed by atoms with Crippen LogP contribution in [0.4, 0.5) is 5.69 Å². The van der Waals surface area contributed by atoms with E-state index in [1.807, 2.05) is 42.5 Å². The first-order valence-corrected chi connectivity index (χ1v) is 9.05. The van der Waals surface area contributed by atoms with E-state index < -0.39 is 5.41 Å². The number of nitrogens with one attached hydrogen (secondary N) is 2. The Balaban J connectivity index is 1.32. The fourth-order valence-electron chi connectivity index (χ4n) is 2.86. The summed E-state index contributed by atoms with van der Waals surface area (Å²) in [4.78, 5) is 24.8. The molecule has 2 amide bonds. The molecular formula is C21H22N2O3. The van der Waals surface area contributed by atoms with Crippen LogP contribution in [0.1, 0.15) is 31.2 Å². The van der Waals surface area contributed by atoms with Gasteiger partial charge in [-0.1, -0.05) is 30.3 Å². The fraction of sp³-hybridized carbons (Fsp3) is 0.333.